The molecule has 1 aliphatic heterocycles. The first kappa shape index (κ1) is 16.6. The van der Waals surface area contributed by atoms with Crippen molar-refractivity contribution >= 4 is 24.1 Å². The third-order valence-electron chi connectivity index (χ3n) is 5.13. The van der Waals surface area contributed by atoms with Gasteiger partial charge in [-0.25, -0.2) is 4.79 Å². The van der Waals surface area contributed by atoms with Gasteiger partial charge in [-0.1, -0.05) is 33.1 Å². The summed E-state index contributed by atoms with van der Waals surface area (Å²) in [4.78, 5) is 48.4. The number of carbonyl (C=O) groups is 4. The predicted molar refractivity (Wildman–Crippen MR) is 79.7 cm³/mol. The van der Waals surface area contributed by atoms with Gasteiger partial charge in [0.15, 0.2) is 0 Å². The molecule has 0 bridgehead atoms. The highest BCUT2D eigenvalue weighted by Crippen LogP contribution is 2.47. The van der Waals surface area contributed by atoms with Crippen LogP contribution in [0.2, 0.25) is 0 Å². The van der Waals surface area contributed by atoms with Crippen molar-refractivity contribution < 1.29 is 19.2 Å². The van der Waals surface area contributed by atoms with E-state index < -0.39 is 29.2 Å². The number of aldehydes is 1. The van der Waals surface area contributed by atoms with Gasteiger partial charge in [0, 0.05) is 5.92 Å². The van der Waals surface area contributed by atoms with Gasteiger partial charge < -0.3 is 4.79 Å². The van der Waals surface area contributed by atoms with Crippen molar-refractivity contribution in [1.29, 1.82) is 0 Å². The van der Waals surface area contributed by atoms with Gasteiger partial charge in [0.05, 0.1) is 0 Å². The Morgan fingerprint density at radius 2 is 1.86 bits per heavy atom. The molecule has 0 radical (unpaired) electrons. The zero-order valence-corrected chi connectivity index (χ0v) is 13.2. The maximum Gasteiger partial charge on any atom is 0.328 e. The second kappa shape index (κ2) is 6.58. The van der Waals surface area contributed by atoms with E-state index in [1.54, 1.807) is 0 Å². The summed E-state index contributed by atoms with van der Waals surface area (Å²) in [6.07, 6.45) is 5.33. The maximum atomic E-state index is 12.7. The molecule has 2 rings (SSSR count). The molecule has 1 aliphatic carbocycles. The third-order valence-corrected chi connectivity index (χ3v) is 5.13. The molecule has 2 N–H and O–H groups in total. The number of carbonyl (C=O) groups excluding carboxylic acids is 4. The third kappa shape index (κ3) is 2.66. The molecule has 3 unspecified atom stereocenters. The van der Waals surface area contributed by atoms with E-state index in [2.05, 4.69) is 17.6 Å². The Bertz CT molecular complexity index is 469. The van der Waals surface area contributed by atoms with Crippen molar-refractivity contribution in [3.05, 3.63) is 0 Å². The van der Waals surface area contributed by atoms with Gasteiger partial charge in [-0.05, 0) is 31.1 Å². The van der Waals surface area contributed by atoms with Crippen LogP contribution in [-0.4, -0.2) is 24.1 Å². The first-order valence-electron chi connectivity index (χ1n) is 8.08. The first-order valence-corrected chi connectivity index (χ1v) is 8.08. The van der Waals surface area contributed by atoms with Crippen LogP contribution in [0, 0.1) is 23.2 Å². The molecule has 6 heteroatoms. The van der Waals surface area contributed by atoms with Crippen molar-refractivity contribution in [3.8, 4) is 0 Å². The Kier molecular flexibility index (Phi) is 4.98. The molecule has 122 valence electrons. The number of rotatable bonds is 5. The smallest absolute Gasteiger partial charge is 0.303 e. The van der Waals surface area contributed by atoms with Gasteiger partial charge in [0.1, 0.15) is 11.7 Å². The molecule has 3 atom stereocenters. The summed E-state index contributed by atoms with van der Waals surface area (Å²) in [7, 11) is 0. The topological polar surface area (TPSA) is 92.3 Å². The van der Waals surface area contributed by atoms with E-state index in [-0.39, 0.29) is 5.92 Å². The Balaban J connectivity index is 2.47. The van der Waals surface area contributed by atoms with Gasteiger partial charge in [-0.2, -0.15) is 0 Å². The van der Waals surface area contributed by atoms with E-state index in [0.717, 1.165) is 32.0 Å². The second-order valence-electron chi connectivity index (χ2n) is 6.61. The minimum absolute atomic E-state index is 0.203. The monoisotopic (exact) mass is 308 g/mol. The zero-order chi connectivity index (χ0) is 16.3. The summed E-state index contributed by atoms with van der Waals surface area (Å²) in [6, 6.07) is -0.796. The number of amides is 4. The lowest BCUT2D eigenvalue weighted by atomic mass is 9.58. The minimum Gasteiger partial charge on any atom is -0.303 e. The highest BCUT2D eigenvalue weighted by molar-refractivity contribution is 6.20. The normalized spacial score (nSPS) is 29.5. The summed E-state index contributed by atoms with van der Waals surface area (Å²) >= 11 is 0. The minimum atomic E-state index is -1.44. The summed E-state index contributed by atoms with van der Waals surface area (Å²) in [6.45, 7) is 4.01. The van der Waals surface area contributed by atoms with Gasteiger partial charge in [0.25, 0.3) is 0 Å². The van der Waals surface area contributed by atoms with Crippen molar-refractivity contribution in [1.82, 2.24) is 10.6 Å². The number of hydrogen-bond acceptors (Lipinski definition) is 4. The molecule has 1 saturated heterocycles. The highest BCUT2D eigenvalue weighted by atomic mass is 16.2. The van der Waals surface area contributed by atoms with Crippen LogP contribution in [0.1, 0.15) is 52.4 Å². The molecule has 2 aliphatic rings. The summed E-state index contributed by atoms with van der Waals surface area (Å²) in [5, 5.41) is 4.43. The van der Waals surface area contributed by atoms with Crippen molar-refractivity contribution in [2.24, 2.45) is 23.2 Å². The van der Waals surface area contributed by atoms with Crippen LogP contribution in [0.3, 0.4) is 0 Å². The molecular weight excluding hydrogens is 284 g/mol. The van der Waals surface area contributed by atoms with E-state index in [9.17, 15) is 19.2 Å². The standard InChI is InChI=1S/C16H24N2O4/c1-3-5-12(9-19)16(11-7-4-6-10(2)8-11)13(20)17-15(22)18-14(16)21/h9-12H,3-8H2,1-2H3,(H2,17,18,20,21,22). The summed E-state index contributed by atoms with van der Waals surface area (Å²) < 4.78 is 0. The fourth-order valence-corrected chi connectivity index (χ4v) is 4.12. The largest absolute Gasteiger partial charge is 0.328 e. The fraction of sp³-hybridized carbons (Fsp3) is 0.750. The van der Waals surface area contributed by atoms with Crippen LogP contribution in [0.25, 0.3) is 0 Å². The molecule has 6 nitrogen and oxygen atoms in total. The van der Waals surface area contributed by atoms with Crippen molar-refractivity contribution in [2.45, 2.75) is 52.4 Å². The average Bonchev–Trinajstić information content (AvgIpc) is 2.45. The number of barbiturate groups is 1. The van der Waals surface area contributed by atoms with E-state index in [1.807, 2.05) is 6.92 Å². The van der Waals surface area contributed by atoms with Crippen LogP contribution in [0.5, 0.6) is 0 Å². The highest BCUT2D eigenvalue weighted by Gasteiger charge is 2.59. The Morgan fingerprint density at radius 1 is 1.23 bits per heavy atom. The van der Waals surface area contributed by atoms with Gasteiger partial charge in [-0.3, -0.25) is 20.2 Å². The van der Waals surface area contributed by atoms with Crippen LogP contribution in [-0.2, 0) is 14.4 Å². The van der Waals surface area contributed by atoms with Crippen LogP contribution in [0.15, 0.2) is 0 Å². The zero-order valence-electron chi connectivity index (χ0n) is 13.2. The van der Waals surface area contributed by atoms with E-state index in [0.29, 0.717) is 18.8 Å². The number of urea groups is 1. The predicted octanol–water partition coefficient (Wildman–Crippen LogP) is 1.78. The number of hydrogen-bond donors (Lipinski definition) is 2. The Hall–Kier alpha value is -1.72. The Morgan fingerprint density at radius 3 is 2.36 bits per heavy atom. The van der Waals surface area contributed by atoms with Crippen molar-refractivity contribution in [3.63, 3.8) is 0 Å². The van der Waals surface area contributed by atoms with E-state index in [4.69, 9.17) is 0 Å². The lowest BCUT2D eigenvalue weighted by Crippen LogP contribution is -2.68. The lowest BCUT2D eigenvalue weighted by Gasteiger charge is -2.45. The van der Waals surface area contributed by atoms with Crippen LogP contribution < -0.4 is 10.6 Å². The molecule has 0 spiro atoms. The molecule has 1 heterocycles. The fourth-order valence-electron chi connectivity index (χ4n) is 4.12. The summed E-state index contributed by atoms with van der Waals surface area (Å²) in [5.41, 5.74) is -1.44. The Labute approximate surface area is 130 Å². The SMILES string of the molecule is CCCC(C=O)C1(C2CCCC(C)C2)C(=O)NC(=O)NC1=O. The van der Waals surface area contributed by atoms with E-state index in [1.165, 1.54) is 0 Å². The molecule has 0 aromatic heterocycles. The maximum absolute atomic E-state index is 12.7. The molecule has 4 amide bonds. The molecule has 2 fully saturated rings. The van der Waals surface area contributed by atoms with Gasteiger partial charge in [-0.15, -0.1) is 0 Å². The van der Waals surface area contributed by atoms with Crippen molar-refractivity contribution in [2.75, 3.05) is 0 Å². The number of imide groups is 2. The summed E-state index contributed by atoms with van der Waals surface area (Å²) in [5.74, 6) is -1.70. The average molecular weight is 308 g/mol. The molecule has 22 heavy (non-hydrogen) atoms. The second-order valence-corrected chi connectivity index (χ2v) is 6.61. The van der Waals surface area contributed by atoms with Gasteiger partial charge in [0.2, 0.25) is 11.8 Å². The van der Waals surface area contributed by atoms with Gasteiger partial charge >= 0.3 is 6.03 Å². The van der Waals surface area contributed by atoms with E-state index >= 15 is 0 Å². The van der Waals surface area contributed by atoms with Crippen LogP contribution in [0.4, 0.5) is 4.79 Å². The molecule has 0 aromatic carbocycles. The molecular formula is C16H24N2O4. The number of nitrogens with one attached hydrogen (secondary N) is 2. The molecule has 1 saturated carbocycles. The van der Waals surface area contributed by atoms with Crippen LogP contribution >= 0.6 is 0 Å². The lowest BCUT2D eigenvalue weighted by molar-refractivity contribution is -0.157. The first-order chi connectivity index (χ1) is 10.5. The quantitative estimate of drug-likeness (QED) is 0.598. The molecule has 0 aromatic rings.